The predicted octanol–water partition coefficient (Wildman–Crippen LogP) is 1.08. The van der Waals surface area contributed by atoms with Crippen molar-refractivity contribution >= 4 is 5.78 Å². The van der Waals surface area contributed by atoms with Crippen molar-refractivity contribution in [3.63, 3.8) is 0 Å². The Hall–Kier alpha value is -1.13. The lowest BCUT2D eigenvalue weighted by Crippen LogP contribution is -2.29. The van der Waals surface area contributed by atoms with E-state index in [0.717, 1.165) is 19.5 Å². The van der Waals surface area contributed by atoms with Crippen LogP contribution in [0.3, 0.4) is 0 Å². The van der Waals surface area contributed by atoms with Gasteiger partial charge in [-0.1, -0.05) is 0 Å². The third-order valence-electron chi connectivity index (χ3n) is 2.46. The summed E-state index contributed by atoms with van der Waals surface area (Å²) in [6.07, 6.45) is 2.86. The number of carbonyl (C=O) groups is 1. The van der Waals surface area contributed by atoms with Gasteiger partial charge < -0.3 is 9.88 Å². The van der Waals surface area contributed by atoms with Crippen LogP contribution in [0.2, 0.25) is 0 Å². The molecule has 0 aliphatic heterocycles. The van der Waals surface area contributed by atoms with Crippen LogP contribution in [0.5, 0.6) is 0 Å². The maximum atomic E-state index is 11.7. The summed E-state index contributed by atoms with van der Waals surface area (Å²) in [7, 11) is 6.10. The SMILES string of the molecule is CN(C)CCCN(C)CC(=O)c1ccc[nH]1. The van der Waals surface area contributed by atoms with E-state index in [1.807, 2.05) is 19.2 Å². The van der Waals surface area contributed by atoms with E-state index >= 15 is 0 Å². The van der Waals surface area contributed by atoms with Gasteiger partial charge in [-0.15, -0.1) is 0 Å². The molecule has 1 aromatic rings. The lowest BCUT2D eigenvalue weighted by atomic mass is 10.2. The number of nitrogens with zero attached hydrogens (tertiary/aromatic N) is 2. The molecule has 0 aliphatic carbocycles. The molecule has 16 heavy (non-hydrogen) atoms. The first-order valence-corrected chi connectivity index (χ1v) is 5.59. The van der Waals surface area contributed by atoms with E-state index in [1.54, 1.807) is 6.20 Å². The fourth-order valence-electron chi connectivity index (χ4n) is 1.57. The number of likely N-dealkylation sites (N-methyl/N-ethyl adjacent to an activating group) is 1. The van der Waals surface area contributed by atoms with Crippen molar-refractivity contribution in [2.24, 2.45) is 0 Å². The van der Waals surface area contributed by atoms with Gasteiger partial charge in [-0.25, -0.2) is 0 Å². The Balaban J connectivity index is 2.24. The highest BCUT2D eigenvalue weighted by Gasteiger charge is 2.09. The molecular formula is C12H21N3O. The Kier molecular flexibility index (Phi) is 5.22. The minimum atomic E-state index is 0.150. The van der Waals surface area contributed by atoms with Gasteiger partial charge in [0.1, 0.15) is 0 Å². The number of aromatic amines is 1. The second-order valence-corrected chi connectivity index (χ2v) is 4.40. The van der Waals surface area contributed by atoms with Gasteiger partial charge in [0.15, 0.2) is 5.78 Å². The fourth-order valence-corrected chi connectivity index (χ4v) is 1.57. The molecule has 1 rings (SSSR count). The van der Waals surface area contributed by atoms with Crippen molar-refractivity contribution in [1.29, 1.82) is 0 Å². The zero-order valence-electron chi connectivity index (χ0n) is 10.4. The summed E-state index contributed by atoms with van der Waals surface area (Å²) < 4.78 is 0. The highest BCUT2D eigenvalue weighted by atomic mass is 16.1. The van der Waals surface area contributed by atoms with E-state index < -0.39 is 0 Å². The Bertz CT molecular complexity index is 306. The maximum absolute atomic E-state index is 11.7. The molecule has 90 valence electrons. The van der Waals surface area contributed by atoms with Crippen LogP contribution in [0, 0.1) is 0 Å². The number of hydrogen-bond acceptors (Lipinski definition) is 3. The zero-order chi connectivity index (χ0) is 12.0. The smallest absolute Gasteiger partial charge is 0.192 e. The maximum Gasteiger partial charge on any atom is 0.192 e. The van der Waals surface area contributed by atoms with Crippen LogP contribution in [0.4, 0.5) is 0 Å². The number of Topliss-reactive ketones (excluding diaryl/α,β-unsaturated/α-hetero) is 1. The molecule has 1 N–H and O–H groups in total. The Morgan fingerprint density at radius 3 is 2.62 bits per heavy atom. The van der Waals surface area contributed by atoms with E-state index in [9.17, 15) is 4.79 Å². The van der Waals surface area contributed by atoms with Gasteiger partial charge in [0.05, 0.1) is 12.2 Å². The average Bonchev–Trinajstić information content (AvgIpc) is 2.69. The van der Waals surface area contributed by atoms with Gasteiger partial charge in [-0.05, 0) is 52.8 Å². The second-order valence-electron chi connectivity index (χ2n) is 4.40. The van der Waals surface area contributed by atoms with Gasteiger partial charge >= 0.3 is 0 Å². The van der Waals surface area contributed by atoms with Crippen LogP contribution < -0.4 is 0 Å². The molecule has 1 heterocycles. The van der Waals surface area contributed by atoms with Gasteiger partial charge in [-0.3, -0.25) is 9.69 Å². The second kappa shape index (κ2) is 6.45. The van der Waals surface area contributed by atoms with Crippen LogP contribution in [-0.4, -0.2) is 61.3 Å². The quantitative estimate of drug-likeness (QED) is 0.703. The highest BCUT2D eigenvalue weighted by Crippen LogP contribution is 1.98. The Labute approximate surface area is 97.2 Å². The van der Waals surface area contributed by atoms with E-state index in [1.165, 1.54) is 0 Å². The fraction of sp³-hybridized carbons (Fsp3) is 0.583. The van der Waals surface area contributed by atoms with Crippen molar-refractivity contribution in [3.05, 3.63) is 24.0 Å². The third kappa shape index (κ3) is 4.59. The Morgan fingerprint density at radius 2 is 2.06 bits per heavy atom. The molecule has 0 bridgehead atoms. The first kappa shape index (κ1) is 12.9. The van der Waals surface area contributed by atoms with Crippen LogP contribution in [0.1, 0.15) is 16.9 Å². The average molecular weight is 223 g/mol. The standard InChI is InChI=1S/C12H21N3O/c1-14(2)8-5-9-15(3)10-12(16)11-6-4-7-13-11/h4,6-7,13H,5,8-10H2,1-3H3. The number of hydrogen-bond donors (Lipinski definition) is 1. The molecule has 0 atom stereocenters. The van der Waals surface area contributed by atoms with Crippen LogP contribution in [0.15, 0.2) is 18.3 Å². The highest BCUT2D eigenvalue weighted by molar-refractivity contribution is 5.95. The normalized spacial score (nSPS) is 11.3. The summed E-state index contributed by atoms with van der Waals surface area (Å²) in [4.78, 5) is 18.9. The molecule has 0 aromatic carbocycles. The number of carbonyl (C=O) groups excluding carboxylic acids is 1. The van der Waals surface area contributed by atoms with Crippen molar-refractivity contribution in [3.8, 4) is 0 Å². The van der Waals surface area contributed by atoms with Crippen molar-refractivity contribution < 1.29 is 4.79 Å². The summed E-state index contributed by atoms with van der Waals surface area (Å²) >= 11 is 0. The lowest BCUT2D eigenvalue weighted by molar-refractivity contribution is 0.0940. The van der Waals surface area contributed by atoms with Gasteiger partial charge in [-0.2, -0.15) is 0 Å². The molecule has 0 saturated heterocycles. The molecule has 4 heteroatoms. The minimum Gasteiger partial charge on any atom is -0.359 e. The number of aromatic nitrogens is 1. The first-order chi connectivity index (χ1) is 7.59. The number of H-pyrrole nitrogens is 1. The summed E-state index contributed by atoms with van der Waals surface area (Å²) in [5.74, 6) is 0.150. The molecule has 0 saturated carbocycles. The van der Waals surface area contributed by atoms with Crippen LogP contribution in [-0.2, 0) is 0 Å². The van der Waals surface area contributed by atoms with Gasteiger partial charge in [0.25, 0.3) is 0 Å². The molecule has 0 amide bonds. The largest absolute Gasteiger partial charge is 0.359 e. The summed E-state index contributed by atoms with van der Waals surface area (Å²) in [6.45, 7) is 2.49. The monoisotopic (exact) mass is 223 g/mol. The van der Waals surface area contributed by atoms with Gasteiger partial charge in [0.2, 0.25) is 0 Å². The Morgan fingerprint density at radius 1 is 1.31 bits per heavy atom. The number of rotatable bonds is 7. The van der Waals surface area contributed by atoms with Crippen LogP contribution >= 0.6 is 0 Å². The molecule has 4 nitrogen and oxygen atoms in total. The summed E-state index contributed by atoms with van der Waals surface area (Å²) in [6, 6.07) is 3.66. The molecule has 0 aliphatic rings. The molecular weight excluding hydrogens is 202 g/mol. The van der Waals surface area contributed by atoms with Crippen molar-refractivity contribution in [2.75, 3.05) is 40.8 Å². The molecule has 0 radical (unpaired) electrons. The third-order valence-corrected chi connectivity index (χ3v) is 2.46. The van der Waals surface area contributed by atoms with Crippen LogP contribution in [0.25, 0.3) is 0 Å². The molecule has 0 fully saturated rings. The number of nitrogens with one attached hydrogen (secondary N) is 1. The molecule has 1 aromatic heterocycles. The van der Waals surface area contributed by atoms with E-state index in [2.05, 4.69) is 28.9 Å². The first-order valence-electron chi connectivity index (χ1n) is 5.59. The summed E-state index contributed by atoms with van der Waals surface area (Å²) in [5, 5.41) is 0. The summed E-state index contributed by atoms with van der Waals surface area (Å²) in [5.41, 5.74) is 0.694. The zero-order valence-corrected chi connectivity index (χ0v) is 10.4. The number of ketones is 1. The lowest BCUT2D eigenvalue weighted by Gasteiger charge is -2.16. The molecule has 0 spiro atoms. The topological polar surface area (TPSA) is 39.3 Å². The van der Waals surface area contributed by atoms with E-state index in [-0.39, 0.29) is 5.78 Å². The predicted molar refractivity (Wildman–Crippen MR) is 65.8 cm³/mol. The van der Waals surface area contributed by atoms with E-state index in [0.29, 0.717) is 12.2 Å². The minimum absolute atomic E-state index is 0.150. The van der Waals surface area contributed by atoms with Crippen molar-refractivity contribution in [2.45, 2.75) is 6.42 Å². The van der Waals surface area contributed by atoms with Crippen molar-refractivity contribution in [1.82, 2.24) is 14.8 Å². The molecule has 0 unspecified atom stereocenters. The van der Waals surface area contributed by atoms with E-state index in [4.69, 9.17) is 0 Å². The van der Waals surface area contributed by atoms with Gasteiger partial charge in [0, 0.05) is 6.20 Å².